The van der Waals surface area contributed by atoms with Crippen molar-refractivity contribution >= 4 is 23.8 Å². The van der Waals surface area contributed by atoms with Crippen LogP contribution in [0, 0.1) is 0 Å². The molecule has 8 nitrogen and oxygen atoms in total. The van der Waals surface area contributed by atoms with Crippen molar-refractivity contribution in [3.05, 3.63) is 71.8 Å². The summed E-state index contributed by atoms with van der Waals surface area (Å²) in [5.41, 5.74) is 1.77. The number of carbonyl (C=O) groups excluding carboxylic acids is 2. The predicted octanol–water partition coefficient (Wildman–Crippen LogP) is 3.16. The molecule has 0 aliphatic carbocycles. The Hall–Kier alpha value is -2.49. The average molecular weight is 465 g/mol. The van der Waals surface area contributed by atoms with Gasteiger partial charge in [0.2, 0.25) is 6.29 Å². The maximum absolute atomic E-state index is 12.4. The highest BCUT2D eigenvalue weighted by atomic mass is 35.5. The summed E-state index contributed by atoms with van der Waals surface area (Å²) < 4.78 is 33.1. The molecule has 1 fully saturated rings. The first kappa shape index (κ1) is 24.2. The second-order valence-corrected chi connectivity index (χ2v) is 7.31. The summed E-state index contributed by atoms with van der Waals surface area (Å²) in [6.07, 6.45) is -5.48. The number of benzene rings is 2. The molecule has 172 valence electrons. The van der Waals surface area contributed by atoms with E-state index in [0.29, 0.717) is 0 Å². The lowest BCUT2D eigenvalue weighted by atomic mass is 9.98. The molecular weight excluding hydrogens is 440 g/mol. The van der Waals surface area contributed by atoms with E-state index in [-0.39, 0.29) is 13.2 Å². The predicted molar refractivity (Wildman–Crippen MR) is 113 cm³/mol. The van der Waals surface area contributed by atoms with Crippen molar-refractivity contribution < 1.29 is 37.6 Å². The molecule has 0 unspecified atom stereocenters. The van der Waals surface area contributed by atoms with Crippen LogP contribution in [0.5, 0.6) is 0 Å². The van der Waals surface area contributed by atoms with Crippen LogP contribution in [-0.4, -0.2) is 49.8 Å². The Balaban J connectivity index is 1.88. The van der Waals surface area contributed by atoms with Gasteiger partial charge in [-0.15, -0.1) is 0 Å². The maximum Gasteiger partial charge on any atom is 0.338 e. The van der Waals surface area contributed by atoms with Crippen LogP contribution < -0.4 is 0 Å². The second kappa shape index (κ2) is 11.9. The summed E-state index contributed by atoms with van der Waals surface area (Å²) in [4.78, 5) is 24.1. The van der Waals surface area contributed by atoms with Crippen LogP contribution in [0.4, 0.5) is 0 Å². The molecule has 32 heavy (non-hydrogen) atoms. The van der Waals surface area contributed by atoms with Crippen LogP contribution in [0.2, 0.25) is 0 Å². The number of halogens is 1. The van der Waals surface area contributed by atoms with Gasteiger partial charge in [-0.1, -0.05) is 60.7 Å². The third-order valence-corrected chi connectivity index (χ3v) is 5.09. The summed E-state index contributed by atoms with van der Waals surface area (Å²) in [7, 11) is 1.20. The topological polar surface area (TPSA) is 89.5 Å². The van der Waals surface area contributed by atoms with Crippen LogP contribution in [-0.2, 0) is 50.8 Å². The summed E-state index contributed by atoms with van der Waals surface area (Å²) in [5, 5.41) is 0. The number of hydrogen-bond donors (Lipinski definition) is 0. The highest BCUT2D eigenvalue weighted by molar-refractivity contribution is 6.07. The normalized spacial score (nSPS) is 25.2. The fraction of sp³-hybridized carbons (Fsp3) is 0.391. The van der Waals surface area contributed by atoms with Gasteiger partial charge in [0.15, 0.2) is 6.10 Å². The SMILES string of the molecule is COC(=O)[C@H]1O[C@@H](OC(C)=O)[C@H](OCc2ccccc2)[C@@H](OCc2ccccc2)[C@@H]1OCl. The molecule has 9 heteroatoms. The third-order valence-electron chi connectivity index (χ3n) is 4.88. The second-order valence-electron chi connectivity index (χ2n) is 7.13. The van der Waals surface area contributed by atoms with Gasteiger partial charge in [0.05, 0.1) is 32.2 Å². The molecule has 1 saturated heterocycles. The van der Waals surface area contributed by atoms with Gasteiger partial charge in [0.25, 0.3) is 0 Å². The highest BCUT2D eigenvalue weighted by Crippen LogP contribution is 2.31. The average Bonchev–Trinajstić information content (AvgIpc) is 2.82. The van der Waals surface area contributed by atoms with Crippen LogP contribution in [0.3, 0.4) is 0 Å². The quantitative estimate of drug-likeness (QED) is 0.523. The highest BCUT2D eigenvalue weighted by Gasteiger charge is 2.53. The largest absolute Gasteiger partial charge is 0.467 e. The monoisotopic (exact) mass is 464 g/mol. The van der Waals surface area contributed by atoms with E-state index in [2.05, 4.69) is 0 Å². The summed E-state index contributed by atoms with van der Waals surface area (Å²) >= 11 is 5.76. The molecule has 3 rings (SSSR count). The summed E-state index contributed by atoms with van der Waals surface area (Å²) in [6.45, 7) is 1.58. The molecule has 1 heterocycles. The summed E-state index contributed by atoms with van der Waals surface area (Å²) in [5.74, 6) is -1.36. The van der Waals surface area contributed by atoms with E-state index in [1.807, 2.05) is 60.7 Å². The minimum atomic E-state index is -1.29. The van der Waals surface area contributed by atoms with Gasteiger partial charge in [-0.25, -0.2) is 4.79 Å². The first-order valence-electron chi connectivity index (χ1n) is 10.0. The van der Waals surface area contributed by atoms with Gasteiger partial charge in [-0.05, 0) is 11.1 Å². The minimum absolute atomic E-state index is 0.175. The molecule has 2 aromatic carbocycles. The van der Waals surface area contributed by atoms with Gasteiger partial charge < -0.3 is 23.7 Å². The fourth-order valence-electron chi connectivity index (χ4n) is 3.37. The third kappa shape index (κ3) is 6.27. The molecular formula is C23H25ClO8. The minimum Gasteiger partial charge on any atom is -0.467 e. The Morgan fingerprint density at radius 1 is 0.875 bits per heavy atom. The molecule has 1 aliphatic rings. The van der Waals surface area contributed by atoms with E-state index in [4.69, 9.17) is 39.8 Å². The van der Waals surface area contributed by atoms with Crippen molar-refractivity contribution in [1.82, 2.24) is 0 Å². The number of hydrogen-bond acceptors (Lipinski definition) is 8. The van der Waals surface area contributed by atoms with Crippen molar-refractivity contribution in [2.75, 3.05) is 7.11 Å². The smallest absolute Gasteiger partial charge is 0.338 e. The molecule has 0 aromatic heterocycles. The van der Waals surface area contributed by atoms with Gasteiger partial charge in [0.1, 0.15) is 18.3 Å². The molecule has 0 bridgehead atoms. The van der Waals surface area contributed by atoms with Crippen molar-refractivity contribution in [2.24, 2.45) is 0 Å². The number of carbonyl (C=O) groups is 2. The van der Waals surface area contributed by atoms with E-state index < -0.39 is 42.6 Å². The van der Waals surface area contributed by atoms with Gasteiger partial charge in [-0.3, -0.25) is 9.08 Å². The van der Waals surface area contributed by atoms with Crippen molar-refractivity contribution in [2.45, 2.75) is 50.8 Å². The Bertz CT molecular complexity index is 863. The van der Waals surface area contributed by atoms with Crippen molar-refractivity contribution in [3.8, 4) is 0 Å². The molecule has 0 radical (unpaired) electrons. The molecule has 0 amide bonds. The standard InChI is InChI=1S/C23H25ClO8/c1-15(25)30-23-21(29-14-17-11-7-4-8-12-17)18(28-13-16-9-5-3-6-10-16)19(32-24)20(31-23)22(26)27-2/h3-12,18-21,23H,13-14H2,1-2H3/t18-,19-,20-,21+,23+/m0/s1. The van der Waals surface area contributed by atoms with Gasteiger partial charge in [0, 0.05) is 6.92 Å². The lowest BCUT2D eigenvalue weighted by Crippen LogP contribution is -2.62. The zero-order chi connectivity index (χ0) is 22.9. The van der Waals surface area contributed by atoms with Crippen LogP contribution in [0.1, 0.15) is 18.1 Å². The van der Waals surface area contributed by atoms with E-state index in [1.54, 1.807) is 0 Å². The number of rotatable bonds is 9. The zero-order valence-electron chi connectivity index (χ0n) is 17.7. The lowest BCUT2D eigenvalue weighted by molar-refractivity contribution is -0.301. The Morgan fingerprint density at radius 3 is 1.88 bits per heavy atom. The Labute approximate surface area is 191 Å². The zero-order valence-corrected chi connectivity index (χ0v) is 18.5. The molecule has 2 aromatic rings. The van der Waals surface area contributed by atoms with Crippen LogP contribution in [0.25, 0.3) is 0 Å². The first-order valence-corrected chi connectivity index (χ1v) is 10.3. The number of esters is 2. The van der Waals surface area contributed by atoms with Crippen molar-refractivity contribution in [3.63, 3.8) is 0 Å². The Morgan fingerprint density at radius 2 is 1.41 bits per heavy atom. The molecule has 0 spiro atoms. The maximum atomic E-state index is 12.4. The summed E-state index contributed by atoms with van der Waals surface area (Å²) in [6, 6.07) is 18.8. The fourth-order valence-corrected chi connectivity index (χ4v) is 3.57. The van der Waals surface area contributed by atoms with Crippen molar-refractivity contribution in [1.29, 1.82) is 0 Å². The van der Waals surface area contributed by atoms with Gasteiger partial charge in [-0.2, -0.15) is 0 Å². The van der Waals surface area contributed by atoms with E-state index >= 15 is 0 Å². The van der Waals surface area contributed by atoms with E-state index in [9.17, 15) is 9.59 Å². The molecule has 5 atom stereocenters. The lowest BCUT2D eigenvalue weighted by Gasteiger charge is -2.43. The van der Waals surface area contributed by atoms with E-state index in [0.717, 1.165) is 11.1 Å². The number of ether oxygens (including phenoxy) is 5. The first-order chi connectivity index (χ1) is 15.5. The van der Waals surface area contributed by atoms with E-state index in [1.165, 1.54) is 14.0 Å². The Kier molecular flexibility index (Phi) is 9.01. The van der Waals surface area contributed by atoms with Gasteiger partial charge >= 0.3 is 11.9 Å². The van der Waals surface area contributed by atoms with Crippen LogP contribution in [0.15, 0.2) is 60.7 Å². The van der Waals surface area contributed by atoms with Crippen LogP contribution >= 0.6 is 11.9 Å². The molecule has 1 aliphatic heterocycles. The molecule has 0 saturated carbocycles. The molecule has 0 N–H and O–H groups in total. The number of methoxy groups -OCH3 is 1.